The molecule has 1 aromatic heterocycles. The average molecular weight is 367 g/mol. The Kier molecular flexibility index (Phi) is 5.28. The van der Waals surface area contributed by atoms with Crippen LogP contribution >= 0.6 is 0 Å². The van der Waals surface area contributed by atoms with Crippen LogP contribution in [0.5, 0.6) is 5.75 Å². The van der Waals surface area contributed by atoms with Crippen LogP contribution in [-0.4, -0.2) is 25.5 Å². The van der Waals surface area contributed by atoms with Crippen LogP contribution in [0, 0.1) is 0 Å². The number of benzene rings is 2. The van der Waals surface area contributed by atoms with Crippen LogP contribution in [0.3, 0.4) is 0 Å². The maximum absolute atomic E-state index is 12.6. The van der Waals surface area contributed by atoms with Gasteiger partial charge in [0.15, 0.2) is 0 Å². The summed E-state index contributed by atoms with van der Waals surface area (Å²) in [6.45, 7) is 0. The molecule has 0 aliphatic heterocycles. The van der Waals surface area contributed by atoms with Gasteiger partial charge in [0.1, 0.15) is 5.75 Å². The van der Waals surface area contributed by atoms with E-state index in [9.17, 15) is 8.42 Å². The molecule has 0 fully saturated rings. The highest BCUT2D eigenvalue weighted by molar-refractivity contribution is 7.92. The van der Waals surface area contributed by atoms with Crippen LogP contribution in [0.4, 0.5) is 5.69 Å². The van der Waals surface area contributed by atoms with Gasteiger partial charge >= 0.3 is 0 Å². The quantitative estimate of drug-likeness (QED) is 0.722. The van der Waals surface area contributed by atoms with Crippen LogP contribution in [0.1, 0.15) is 11.3 Å². The summed E-state index contributed by atoms with van der Waals surface area (Å²) in [5.74, 6) is 0.594. The third-order valence-electron chi connectivity index (χ3n) is 3.59. The molecule has 0 saturated carbocycles. The van der Waals surface area contributed by atoms with E-state index in [0.29, 0.717) is 17.1 Å². The van der Waals surface area contributed by atoms with Gasteiger partial charge in [0.05, 0.1) is 29.6 Å². The van der Waals surface area contributed by atoms with E-state index in [1.165, 1.54) is 19.2 Å². The van der Waals surface area contributed by atoms with Crippen molar-refractivity contribution in [1.29, 1.82) is 0 Å². The van der Waals surface area contributed by atoms with E-state index in [0.717, 1.165) is 5.56 Å². The largest absolute Gasteiger partial charge is 0.497 e. The minimum absolute atomic E-state index is 0.158. The van der Waals surface area contributed by atoms with E-state index in [1.807, 2.05) is 12.1 Å². The van der Waals surface area contributed by atoms with Gasteiger partial charge in [-0.3, -0.25) is 14.7 Å². The molecule has 0 aliphatic rings. The highest BCUT2D eigenvalue weighted by Crippen LogP contribution is 2.23. The fourth-order valence-corrected chi connectivity index (χ4v) is 3.35. The predicted molar refractivity (Wildman–Crippen MR) is 101 cm³/mol. The van der Waals surface area contributed by atoms with E-state index in [2.05, 4.69) is 14.7 Å². The highest BCUT2D eigenvalue weighted by Gasteiger charge is 2.15. The molecule has 132 valence electrons. The molecule has 0 bridgehead atoms. The first-order valence-corrected chi connectivity index (χ1v) is 9.27. The number of methoxy groups -OCH3 is 1. The van der Waals surface area contributed by atoms with Crippen molar-refractivity contribution in [1.82, 2.24) is 9.97 Å². The lowest BCUT2D eigenvalue weighted by molar-refractivity contribution is 0.414. The Balaban J connectivity index is 1.86. The molecule has 3 rings (SSSR count). The lowest BCUT2D eigenvalue weighted by Crippen LogP contribution is -2.13. The number of nitrogens with one attached hydrogen (secondary N) is 1. The standard InChI is InChI=1S/C19H17N3O3S/c1-25-17-8-10-18(11-9-17)26(23,24)22-19-5-3-2-4-15(19)6-7-16-14-20-12-13-21-16/h2-14,22H,1H3/b7-6+. The Morgan fingerprint density at radius 3 is 2.46 bits per heavy atom. The number of rotatable bonds is 6. The topological polar surface area (TPSA) is 81.2 Å². The Morgan fingerprint density at radius 1 is 1.00 bits per heavy atom. The van der Waals surface area contributed by atoms with Crippen molar-refractivity contribution in [3.05, 3.63) is 78.4 Å². The van der Waals surface area contributed by atoms with Crippen molar-refractivity contribution in [2.75, 3.05) is 11.8 Å². The zero-order valence-electron chi connectivity index (χ0n) is 14.0. The number of hydrogen-bond donors (Lipinski definition) is 1. The van der Waals surface area contributed by atoms with E-state index in [4.69, 9.17) is 4.74 Å². The number of hydrogen-bond acceptors (Lipinski definition) is 5. The normalized spacial score (nSPS) is 11.4. The second-order valence-electron chi connectivity index (χ2n) is 5.33. The molecular formula is C19H17N3O3S. The van der Waals surface area contributed by atoms with Crippen LogP contribution in [-0.2, 0) is 10.0 Å². The van der Waals surface area contributed by atoms with Crippen LogP contribution in [0.2, 0.25) is 0 Å². The SMILES string of the molecule is COc1ccc(S(=O)(=O)Nc2ccccc2/C=C/c2cnccn2)cc1. The van der Waals surface area contributed by atoms with Gasteiger partial charge in [-0.05, 0) is 42.0 Å². The molecule has 1 N–H and O–H groups in total. The first-order valence-electron chi connectivity index (χ1n) is 7.78. The van der Waals surface area contributed by atoms with E-state index < -0.39 is 10.0 Å². The van der Waals surface area contributed by atoms with E-state index in [-0.39, 0.29) is 4.90 Å². The Labute approximate surface area is 152 Å². The van der Waals surface area contributed by atoms with E-state index in [1.54, 1.807) is 55.0 Å². The van der Waals surface area contributed by atoms with Gasteiger partial charge in [-0.1, -0.05) is 24.3 Å². The smallest absolute Gasteiger partial charge is 0.261 e. The van der Waals surface area contributed by atoms with Crippen molar-refractivity contribution in [3.8, 4) is 5.75 Å². The van der Waals surface area contributed by atoms with Gasteiger partial charge in [0.25, 0.3) is 10.0 Å². The molecule has 0 aliphatic carbocycles. The molecule has 0 saturated heterocycles. The zero-order chi connectivity index (χ0) is 18.4. The van der Waals surface area contributed by atoms with Crippen molar-refractivity contribution in [2.24, 2.45) is 0 Å². The molecule has 0 atom stereocenters. The lowest BCUT2D eigenvalue weighted by atomic mass is 10.1. The maximum Gasteiger partial charge on any atom is 0.261 e. The summed E-state index contributed by atoms with van der Waals surface area (Å²) in [5, 5.41) is 0. The molecule has 6 nitrogen and oxygen atoms in total. The molecule has 0 unspecified atom stereocenters. The number of sulfonamides is 1. The monoisotopic (exact) mass is 367 g/mol. The average Bonchev–Trinajstić information content (AvgIpc) is 2.68. The van der Waals surface area contributed by atoms with Crippen LogP contribution in [0.25, 0.3) is 12.2 Å². The molecule has 26 heavy (non-hydrogen) atoms. The minimum Gasteiger partial charge on any atom is -0.497 e. The molecule has 3 aromatic rings. The van der Waals surface area contributed by atoms with Crippen molar-refractivity contribution >= 4 is 27.9 Å². The first-order chi connectivity index (χ1) is 12.6. The second-order valence-corrected chi connectivity index (χ2v) is 7.01. The molecule has 0 radical (unpaired) electrons. The highest BCUT2D eigenvalue weighted by atomic mass is 32.2. The number of anilines is 1. The number of para-hydroxylation sites is 1. The predicted octanol–water partition coefficient (Wildman–Crippen LogP) is 3.46. The zero-order valence-corrected chi connectivity index (χ0v) is 14.8. The van der Waals surface area contributed by atoms with Crippen LogP contribution < -0.4 is 9.46 Å². The van der Waals surface area contributed by atoms with Gasteiger partial charge < -0.3 is 4.74 Å². The summed E-state index contributed by atoms with van der Waals surface area (Å²) in [7, 11) is -2.18. The molecular weight excluding hydrogens is 350 g/mol. The van der Waals surface area contributed by atoms with E-state index >= 15 is 0 Å². The Morgan fingerprint density at radius 2 is 1.77 bits per heavy atom. The summed E-state index contributed by atoms with van der Waals surface area (Å²) < 4.78 is 32.9. The molecule has 0 spiro atoms. The van der Waals surface area contributed by atoms with Gasteiger partial charge in [-0.2, -0.15) is 0 Å². The number of nitrogens with zero attached hydrogens (tertiary/aromatic N) is 2. The van der Waals surface area contributed by atoms with Gasteiger partial charge in [-0.15, -0.1) is 0 Å². The Bertz CT molecular complexity index is 1000. The third kappa shape index (κ3) is 4.25. The van der Waals surface area contributed by atoms with Crippen molar-refractivity contribution in [3.63, 3.8) is 0 Å². The van der Waals surface area contributed by atoms with Gasteiger partial charge in [-0.25, -0.2) is 8.42 Å². The molecule has 0 amide bonds. The Hall–Kier alpha value is -3.19. The summed E-state index contributed by atoms with van der Waals surface area (Å²) >= 11 is 0. The number of ether oxygens (including phenoxy) is 1. The molecule has 1 heterocycles. The lowest BCUT2D eigenvalue weighted by Gasteiger charge is -2.11. The summed E-state index contributed by atoms with van der Waals surface area (Å²) in [4.78, 5) is 8.32. The fourth-order valence-electron chi connectivity index (χ4n) is 2.27. The number of aromatic nitrogens is 2. The van der Waals surface area contributed by atoms with Crippen LogP contribution in [0.15, 0.2) is 72.0 Å². The molecule has 7 heteroatoms. The second kappa shape index (κ2) is 7.79. The minimum atomic E-state index is -3.71. The summed E-state index contributed by atoms with van der Waals surface area (Å²) in [5.41, 5.74) is 1.87. The maximum atomic E-state index is 12.6. The van der Waals surface area contributed by atoms with Crippen molar-refractivity contribution in [2.45, 2.75) is 4.90 Å². The van der Waals surface area contributed by atoms with Gasteiger partial charge in [0.2, 0.25) is 0 Å². The van der Waals surface area contributed by atoms with Gasteiger partial charge in [0, 0.05) is 12.4 Å². The summed E-state index contributed by atoms with van der Waals surface area (Å²) in [6, 6.07) is 13.3. The third-order valence-corrected chi connectivity index (χ3v) is 4.97. The molecule has 2 aromatic carbocycles. The fraction of sp³-hybridized carbons (Fsp3) is 0.0526. The van der Waals surface area contributed by atoms with Crippen molar-refractivity contribution < 1.29 is 13.2 Å². The first kappa shape index (κ1) is 17.6. The summed E-state index contributed by atoms with van der Waals surface area (Å²) in [6.07, 6.45) is 8.37.